The molecule has 5 heteroatoms. The summed E-state index contributed by atoms with van der Waals surface area (Å²) in [4.78, 5) is 15.0. The van der Waals surface area contributed by atoms with Crippen molar-refractivity contribution in [2.24, 2.45) is 0 Å². The average Bonchev–Trinajstić information content (AvgIpc) is 2.29. The molecule has 94 valence electrons. The Bertz CT molecular complexity index is 407. The van der Waals surface area contributed by atoms with Gasteiger partial charge < -0.3 is 5.32 Å². The topological polar surface area (TPSA) is 68.1 Å². The van der Waals surface area contributed by atoms with Gasteiger partial charge in [0.1, 0.15) is 5.69 Å². The molecular formula is C12H19N3O2. The van der Waals surface area contributed by atoms with Gasteiger partial charge in [0.05, 0.1) is 4.92 Å². The summed E-state index contributed by atoms with van der Waals surface area (Å²) in [5, 5.41) is 14.1. The Morgan fingerprint density at radius 3 is 2.65 bits per heavy atom. The average molecular weight is 237 g/mol. The SMILES string of the molecule is CCC(c1nc(C)ccc1[N+](=O)[O-])C(C)NC. The van der Waals surface area contributed by atoms with E-state index in [-0.39, 0.29) is 22.6 Å². The van der Waals surface area contributed by atoms with Crippen LogP contribution in [0.1, 0.15) is 37.6 Å². The van der Waals surface area contributed by atoms with E-state index in [1.807, 2.05) is 27.8 Å². The monoisotopic (exact) mass is 237 g/mol. The number of nitrogens with one attached hydrogen (secondary N) is 1. The highest BCUT2D eigenvalue weighted by molar-refractivity contribution is 5.39. The molecule has 5 nitrogen and oxygen atoms in total. The van der Waals surface area contributed by atoms with E-state index in [1.165, 1.54) is 0 Å². The van der Waals surface area contributed by atoms with Crippen LogP contribution < -0.4 is 5.32 Å². The molecule has 0 radical (unpaired) electrons. The van der Waals surface area contributed by atoms with E-state index in [0.717, 1.165) is 12.1 Å². The normalized spacial score (nSPS) is 14.4. The molecule has 0 bridgehead atoms. The zero-order chi connectivity index (χ0) is 13.0. The largest absolute Gasteiger partial charge is 0.317 e. The van der Waals surface area contributed by atoms with Crippen molar-refractivity contribution in [3.05, 3.63) is 33.6 Å². The molecule has 0 aliphatic heterocycles. The zero-order valence-corrected chi connectivity index (χ0v) is 10.7. The number of pyridine rings is 1. The quantitative estimate of drug-likeness (QED) is 0.630. The maximum absolute atomic E-state index is 11.0. The number of aromatic nitrogens is 1. The number of aryl methyl sites for hydroxylation is 1. The van der Waals surface area contributed by atoms with Crippen LogP contribution in [0.15, 0.2) is 12.1 Å². The van der Waals surface area contributed by atoms with Gasteiger partial charge in [-0.1, -0.05) is 6.92 Å². The van der Waals surface area contributed by atoms with E-state index in [4.69, 9.17) is 0 Å². The van der Waals surface area contributed by atoms with Crippen molar-refractivity contribution in [1.82, 2.24) is 10.3 Å². The molecule has 2 atom stereocenters. The molecule has 0 amide bonds. The van der Waals surface area contributed by atoms with E-state index in [1.54, 1.807) is 12.1 Å². The van der Waals surface area contributed by atoms with Crippen LogP contribution in [0.5, 0.6) is 0 Å². The van der Waals surface area contributed by atoms with Crippen LogP contribution in [0.4, 0.5) is 5.69 Å². The molecule has 17 heavy (non-hydrogen) atoms. The summed E-state index contributed by atoms with van der Waals surface area (Å²) in [5.74, 6) is 0.0558. The number of hydrogen-bond acceptors (Lipinski definition) is 4. The van der Waals surface area contributed by atoms with Crippen molar-refractivity contribution in [3.63, 3.8) is 0 Å². The molecule has 0 aliphatic rings. The van der Waals surface area contributed by atoms with Gasteiger partial charge in [-0.2, -0.15) is 0 Å². The van der Waals surface area contributed by atoms with Crippen LogP contribution in [-0.4, -0.2) is 23.0 Å². The number of nitro groups is 1. The van der Waals surface area contributed by atoms with Gasteiger partial charge >= 0.3 is 0 Å². The standard InChI is InChI=1S/C12H19N3O2/c1-5-10(9(3)13-4)12-11(15(16)17)7-6-8(2)14-12/h6-7,9-10,13H,5H2,1-4H3. The fourth-order valence-electron chi connectivity index (χ4n) is 1.98. The van der Waals surface area contributed by atoms with Gasteiger partial charge in [-0.05, 0) is 33.4 Å². The third kappa shape index (κ3) is 3.00. The lowest BCUT2D eigenvalue weighted by Crippen LogP contribution is -2.29. The first-order chi connectivity index (χ1) is 8.01. The highest BCUT2D eigenvalue weighted by atomic mass is 16.6. The minimum atomic E-state index is -0.354. The van der Waals surface area contributed by atoms with Crippen molar-refractivity contribution in [2.75, 3.05) is 7.05 Å². The molecule has 0 spiro atoms. The van der Waals surface area contributed by atoms with Gasteiger partial charge in [0.25, 0.3) is 5.69 Å². The maximum Gasteiger partial charge on any atom is 0.291 e. The Labute approximate surface area is 101 Å². The summed E-state index contributed by atoms with van der Waals surface area (Å²) in [5.41, 5.74) is 1.51. The molecule has 0 saturated heterocycles. The molecule has 2 unspecified atom stereocenters. The third-order valence-corrected chi connectivity index (χ3v) is 3.09. The number of hydrogen-bond donors (Lipinski definition) is 1. The third-order valence-electron chi connectivity index (χ3n) is 3.09. The lowest BCUT2D eigenvalue weighted by Gasteiger charge is -2.21. The molecule has 0 saturated carbocycles. The fourth-order valence-corrected chi connectivity index (χ4v) is 1.98. The smallest absolute Gasteiger partial charge is 0.291 e. The zero-order valence-electron chi connectivity index (χ0n) is 10.7. The summed E-state index contributed by atoms with van der Waals surface area (Å²) >= 11 is 0. The predicted octanol–water partition coefficient (Wildman–Crippen LogP) is 2.40. The second kappa shape index (κ2) is 5.72. The van der Waals surface area contributed by atoms with E-state index in [0.29, 0.717) is 5.69 Å². The van der Waals surface area contributed by atoms with Gasteiger partial charge in [-0.15, -0.1) is 0 Å². The maximum atomic E-state index is 11.0. The van der Waals surface area contributed by atoms with E-state index < -0.39 is 0 Å². The Kier molecular flexibility index (Phi) is 4.57. The van der Waals surface area contributed by atoms with E-state index >= 15 is 0 Å². The van der Waals surface area contributed by atoms with Crippen molar-refractivity contribution in [1.29, 1.82) is 0 Å². The Morgan fingerprint density at radius 2 is 2.18 bits per heavy atom. The Morgan fingerprint density at radius 1 is 1.53 bits per heavy atom. The molecule has 1 aromatic heterocycles. The first-order valence-electron chi connectivity index (χ1n) is 5.80. The Hall–Kier alpha value is -1.49. The highest BCUT2D eigenvalue weighted by Gasteiger charge is 2.26. The van der Waals surface area contributed by atoms with Crippen LogP contribution >= 0.6 is 0 Å². The van der Waals surface area contributed by atoms with Gasteiger partial charge in [0.15, 0.2) is 0 Å². The van der Waals surface area contributed by atoms with E-state index in [9.17, 15) is 10.1 Å². The molecule has 1 N–H and O–H groups in total. The molecule has 1 aromatic rings. The van der Waals surface area contributed by atoms with Gasteiger partial charge in [0, 0.05) is 23.7 Å². The second-order valence-electron chi connectivity index (χ2n) is 4.21. The summed E-state index contributed by atoms with van der Waals surface area (Å²) < 4.78 is 0. The van der Waals surface area contributed by atoms with Gasteiger partial charge in [-0.3, -0.25) is 15.1 Å². The van der Waals surface area contributed by atoms with E-state index in [2.05, 4.69) is 10.3 Å². The summed E-state index contributed by atoms with van der Waals surface area (Å²) in [7, 11) is 1.86. The molecule has 0 aliphatic carbocycles. The van der Waals surface area contributed by atoms with Gasteiger partial charge in [-0.25, -0.2) is 0 Å². The van der Waals surface area contributed by atoms with Crippen LogP contribution in [0.25, 0.3) is 0 Å². The predicted molar refractivity (Wildman–Crippen MR) is 67.2 cm³/mol. The first-order valence-corrected chi connectivity index (χ1v) is 5.80. The van der Waals surface area contributed by atoms with Crippen LogP contribution in [0.3, 0.4) is 0 Å². The molecule has 1 heterocycles. The van der Waals surface area contributed by atoms with Crippen molar-refractivity contribution < 1.29 is 4.92 Å². The van der Waals surface area contributed by atoms with Crippen LogP contribution in [0, 0.1) is 17.0 Å². The molecule has 0 fully saturated rings. The Balaban J connectivity index is 3.25. The molecule has 0 aromatic carbocycles. The number of rotatable bonds is 5. The molecular weight excluding hydrogens is 218 g/mol. The van der Waals surface area contributed by atoms with Crippen molar-refractivity contribution in [3.8, 4) is 0 Å². The lowest BCUT2D eigenvalue weighted by atomic mass is 9.93. The highest BCUT2D eigenvalue weighted by Crippen LogP contribution is 2.29. The molecule has 1 rings (SSSR count). The summed E-state index contributed by atoms with van der Waals surface area (Å²) in [6, 6.07) is 3.38. The summed E-state index contributed by atoms with van der Waals surface area (Å²) in [6.45, 7) is 5.89. The fraction of sp³-hybridized carbons (Fsp3) is 0.583. The van der Waals surface area contributed by atoms with Crippen LogP contribution in [0.2, 0.25) is 0 Å². The van der Waals surface area contributed by atoms with Crippen molar-refractivity contribution in [2.45, 2.75) is 39.2 Å². The number of likely N-dealkylation sites (N-methyl/N-ethyl adjacent to an activating group) is 1. The van der Waals surface area contributed by atoms with Crippen molar-refractivity contribution >= 4 is 5.69 Å². The second-order valence-corrected chi connectivity index (χ2v) is 4.21. The minimum Gasteiger partial charge on any atom is -0.317 e. The van der Waals surface area contributed by atoms with Gasteiger partial charge in [0.2, 0.25) is 0 Å². The first kappa shape index (κ1) is 13.6. The number of nitrogens with zero attached hydrogens (tertiary/aromatic N) is 2. The minimum absolute atomic E-state index is 0.0558. The lowest BCUT2D eigenvalue weighted by molar-refractivity contribution is -0.386. The summed E-state index contributed by atoms with van der Waals surface area (Å²) in [6.07, 6.45) is 0.819. The van der Waals surface area contributed by atoms with Crippen LogP contribution in [-0.2, 0) is 0 Å².